The lowest BCUT2D eigenvalue weighted by atomic mass is 10.0. The van der Waals surface area contributed by atoms with E-state index in [1.54, 1.807) is 0 Å². The molecule has 0 amide bonds. The van der Waals surface area contributed by atoms with E-state index < -0.39 is 0 Å². The van der Waals surface area contributed by atoms with Gasteiger partial charge in [0.15, 0.2) is 0 Å². The van der Waals surface area contributed by atoms with Crippen molar-refractivity contribution in [3.8, 4) is 0 Å². The SMILES string of the molecule is Ic1ccc2ncc3cccc4ncc1c2c34. The summed E-state index contributed by atoms with van der Waals surface area (Å²) in [7, 11) is 0. The van der Waals surface area contributed by atoms with Gasteiger partial charge in [-0.1, -0.05) is 12.1 Å². The summed E-state index contributed by atoms with van der Waals surface area (Å²) >= 11 is 2.35. The van der Waals surface area contributed by atoms with Gasteiger partial charge in [-0.15, -0.1) is 0 Å². The molecule has 0 saturated carbocycles. The number of hydrogen-bond acceptors (Lipinski definition) is 2. The first kappa shape index (κ1) is 9.53. The zero-order valence-corrected chi connectivity index (χ0v) is 11.0. The number of aromatic nitrogens is 2. The van der Waals surface area contributed by atoms with Crippen LogP contribution in [-0.2, 0) is 0 Å². The maximum atomic E-state index is 4.54. The smallest absolute Gasteiger partial charge is 0.0716 e. The molecule has 0 aliphatic heterocycles. The van der Waals surface area contributed by atoms with Crippen LogP contribution in [0.5, 0.6) is 0 Å². The fourth-order valence-electron chi connectivity index (χ4n) is 2.40. The van der Waals surface area contributed by atoms with E-state index in [4.69, 9.17) is 0 Å². The molecule has 0 unspecified atom stereocenters. The van der Waals surface area contributed by atoms with Crippen LogP contribution in [0.1, 0.15) is 0 Å². The van der Waals surface area contributed by atoms with E-state index in [0.717, 1.165) is 16.4 Å². The highest BCUT2D eigenvalue weighted by Gasteiger charge is 2.10. The molecule has 2 aromatic carbocycles. The van der Waals surface area contributed by atoms with Crippen LogP contribution in [0, 0.1) is 3.57 Å². The summed E-state index contributed by atoms with van der Waals surface area (Å²) < 4.78 is 1.22. The summed E-state index contributed by atoms with van der Waals surface area (Å²) in [6.07, 6.45) is 3.88. The molecule has 17 heavy (non-hydrogen) atoms. The van der Waals surface area contributed by atoms with Gasteiger partial charge in [0.25, 0.3) is 0 Å². The Balaban J connectivity index is 2.48. The van der Waals surface area contributed by atoms with Crippen LogP contribution in [0.3, 0.4) is 0 Å². The van der Waals surface area contributed by atoms with Crippen LogP contribution in [-0.4, -0.2) is 9.97 Å². The van der Waals surface area contributed by atoms with Crippen molar-refractivity contribution in [1.82, 2.24) is 9.97 Å². The molecule has 0 atom stereocenters. The molecule has 0 N–H and O–H groups in total. The van der Waals surface area contributed by atoms with Gasteiger partial charge in [0, 0.05) is 37.5 Å². The lowest BCUT2D eigenvalue weighted by molar-refractivity contribution is 1.41. The molecule has 0 fully saturated rings. The fraction of sp³-hybridized carbons (Fsp3) is 0. The topological polar surface area (TPSA) is 25.8 Å². The third kappa shape index (κ3) is 1.20. The van der Waals surface area contributed by atoms with Gasteiger partial charge in [-0.3, -0.25) is 9.97 Å². The van der Waals surface area contributed by atoms with E-state index in [-0.39, 0.29) is 0 Å². The van der Waals surface area contributed by atoms with Crippen molar-refractivity contribution in [2.75, 3.05) is 0 Å². The third-order valence-electron chi connectivity index (χ3n) is 3.17. The van der Waals surface area contributed by atoms with Crippen LogP contribution in [0.2, 0.25) is 0 Å². The molecule has 3 heteroatoms. The maximum absolute atomic E-state index is 4.54. The zero-order valence-electron chi connectivity index (χ0n) is 8.81. The largest absolute Gasteiger partial charge is 0.256 e. The van der Waals surface area contributed by atoms with Crippen molar-refractivity contribution < 1.29 is 0 Å². The van der Waals surface area contributed by atoms with Crippen molar-refractivity contribution in [2.45, 2.75) is 0 Å². The first-order valence-corrected chi connectivity index (χ1v) is 6.46. The molecule has 0 aliphatic rings. The Labute approximate surface area is 111 Å². The van der Waals surface area contributed by atoms with Gasteiger partial charge in [-0.05, 0) is 40.8 Å². The normalized spacial score (nSPS) is 11.8. The molecule has 2 heterocycles. The van der Waals surface area contributed by atoms with E-state index >= 15 is 0 Å². The minimum absolute atomic E-state index is 1.05. The number of pyridine rings is 2. The number of benzene rings is 2. The van der Waals surface area contributed by atoms with E-state index in [0.29, 0.717) is 0 Å². The number of halogens is 1. The highest BCUT2D eigenvalue weighted by molar-refractivity contribution is 14.1. The second-order valence-corrected chi connectivity index (χ2v) is 5.28. The lowest BCUT2D eigenvalue weighted by Gasteiger charge is -2.09. The summed E-state index contributed by atoms with van der Waals surface area (Å²) in [6.45, 7) is 0. The third-order valence-corrected chi connectivity index (χ3v) is 4.11. The predicted octanol–water partition coefficient (Wildman–Crippen LogP) is 3.98. The Hall–Kier alpha value is -1.49. The van der Waals surface area contributed by atoms with Crippen molar-refractivity contribution in [2.24, 2.45) is 0 Å². The Morgan fingerprint density at radius 1 is 0.824 bits per heavy atom. The fourth-order valence-corrected chi connectivity index (χ4v) is 2.99. The van der Waals surface area contributed by atoms with E-state index in [1.807, 2.05) is 18.5 Å². The molecule has 2 nitrogen and oxygen atoms in total. The molecule has 2 aromatic heterocycles. The number of rotatable bonds is 0. The minimum Gasteiger partial charge on any atom is -0.256 e. The quantitative estimate of drug-likeness (QED) is 0.360. The second-order valence-electron chi connectivity index (χ2n) is 4.11. The first-order chi connectivity index (χ1) is 8.34. The Morgan fingerprint density at radius 2 is 1.65 bits per heavy atom. The highest BCUT2D eigenvalue weighted by atomic mass is 127. The van der Waals surface area contributed by atoms with Gasteiger partial charge in [-0.25, -0.2) is 0 Å². The number of nitrogens with zero attached hydrogens (tertiary/aromatic N) is 2. The van der Waals surface area contributed by atoms with Gasteiger partial charge in [0.1, 0.15) is 0 Å². The van der Waals surface area contributed by atoms with Gasteiger partial charge in [0.2, 0.25) is 0 Å². The molecule has 0 aliphatic carbocycles. The van der Waals surface area contributed by atoms with E-state index in [9.17, 15) is 0 Å². The Morgan fingerprint density at radius 3 is 2.59 bits per heavy atom. The molecule has 0 bridgehead atoms. The summed E-state index contributed by atoms with van der Waals surface area (Å²) in [4.78, 5) is 9.06. The molecule has 4 aromatic rings. The van der Waals surface area contributed by atoms with Gasteiger partial charge in [0.05, 0.1) is 11.0 Å². The second kappa shape index (κ2) is 3.26. The molecular weight excluding hydrogens is 323 g/mol. The molecule has 80 valence electrons. The van der Waals surface area contributed by atoms with Crippen LogP contribution in [0.4, 0.5) is 0 Å². The van der Waals surface area contributed by atoms with Gasteiger partial charge < -0.3 is 0 Å². The molecule has 0 radical (unpaired) electrons. The number of hydrogen-bond donors (Lipinski definition) is 0. The van der Waals surface area contributed by atoms with Crippen molar-refractivity contribution in [3.05, 3.63) is 46.3 Å². The van der Waals surface area contributed by atoms with Crippen LogP contribution < -0.4 is 0 Å². The van der Waals surface area contributed by atoms with Crippen LogP contribution in [0.25, 0.3) is 32.6 Å². The predicted molar refractivity (Wildman–Crippen MR) is 78.5 cm³/mol. The molecular formula is C14H7IN2. The van der Waals surface area contributed by atoms with E-state index in [2.05, 4.69) is 56.8 Å². The average molecular weight is 330 g/mol. The molecule has 4 rings (SSSR count). The van der Waals surface area contributed by atoms with E-state index in [1.165, 1.54) is 19.7 Å². The Kier molecular flexibility index (Phi) is 1.83. The summed E-state index contributed by atoms with van der Waals surface area (Å²) in [5.74, 6) is 0. The van der Waals surface area contributed by atoms with Crippen LogP contribution >= 0.6 is 22.6 Å². The minimum atomic E-state index is 1.05. The van der Waals surface area contributed by atoms with Crippen molar-refractivity contribution in [3.63, 3.8) is 0 Å². The summed E-state index contributed by atoms with van der Waals surface area (Å²) in [5.41, 5.74) is 2.09. The lowest BCUT2D eigenvalue weighted by Crippen LogP contribution is -1.90. The Bertz CT molecular complexity index is 839. The highest BCUT2D eigenvalue weighted by Crippen LogP contribution is 2.33. The first-order valence-electron chi connectivity index (χ1n) is 5.38. The summed E-state index contributed by atoms with van der Waals surface area (Å²) in [5, 5.41) is 4.82. The van der Waals surface area contributed by atoms with Gasteiger partial charge >= 0.3 is 0 Å². The maximum Gasteiger partial charge on any atom is 0.0716 e. The van der Waals surface area contributed by atoms with Crippen molar-refractivity contribution >= 4 is 55.2 Å². The monoisotopic (exact) mass is 330 g/mol. The zero-order chi connectivity index (χ0) is 11.4. The van der Waals surface area contributed by atoms with Crippen LogP contribution in [0.15, 0.2) is 42.7 Å². The molecule has 0 spiro atoms. The van der Waals surface area contributed by atoms with Gasteiger partial charge in [-0.2, -0.15) is 0 Å². The summed E-state index contributed by atoms with van der Waals surface area (Å²) in [6, 6.07) is 10.4. The average Bonchev–Trinajstić information content (AvgIpc) is 2.38. The standard InChI is InChI=1S/C14H7IN2/c15-10-4-5-12-14-9(10)7-17-11-3-1-2-8(6-16-12)13(11)14/h1-7H. The molecule has 0 saturated heterocycles. The van der Waals surface area contributed by atoms with Crippen molar-refractivity contribution in [1.29, 1.82) is 0 Å².